The van der Waals surface area contributed by atoms with E-state index in [0.29, 0.717) is 25.3 Å². The summed E-state index contributed by atoms with van der Waals surface area (Å²) in [6.45, 7) is 4.00. The van der Waals surface area contributed by atoms with E-state index in [1.54, 1.807) is 19.1 Å². The van der Waals surface area contributed by atoms with E-state index in [2.05, 4.69) is 4.98 Å². The van der Waals surface area contributed by atoms with Crippen LogP contribution in [0.5, 0.6) is 0 Å². The molecule has 0 saturated carbocycles. The van der Waals surface area contributed by atoms with Gasteiger partial charge in [0, 0.05) is 19.3 Å². The van der Waals surface area contributed by atoms with Crippen LogP contribution in [0.1, 0.15) is 17.3 Å². The third-order valence-electron chi connectivity index (χ3n) is 2.93. The Morgan fingerprint density at radius 3 is 3.11 bits per heavy atom. The molecule has 1 aliphatic heterocycles. The van der Waals surface area contributed by atoms with Crippen LogP contribution >= 0.6 is 0 Å². The molecule has 1 aromatic heterocycles. The lowest BCUT2D eigenvalue weighted by Crippen LogP contribution is -2.44. The van der Waals surface area contributed by atoms with Gasteiger partial charge in [-0.1, -0.05) is 0 Å². The number of morpholine rings is 1. The van der Waals surface area contributed by atoms with Crippen LogP contribution in [0.3, 0.4) is 0 Å². The fourth-order valence-corrected chi connectivity index (χ4v) is 1.95. The van der Waals surface area contributed by atoms with E-state index in [1.807, 2.05) is 4.90 Å². The van der Waals surface area contributed by atoms with E-state index in [1.165, 1.54) is 6.20 Å². The SMILES string of the molecule is CCOC(=O)c1ccc(N2CCOC(CO)C2)nc1. The second-order valence-electron chi connectivity index (χ2n) is 4.25. The molecule has 6 nitrogen and oxygen atoms in total. The molecule has 0 spiro atoms. The summed E-state index contributed by atoms with van der Waals surface area (Å²) in [5, 5.41) is 9.10. The summed E-state index contributed by atoms with van der Waals surface area (Å²) < 4.78 is 10.3. The Labute approximate surface area is 112 Å². The summed E-state index contributed by atoms with van der Waals surface area (Å²) in [6.07, 6.45) is 1.33. The van der Waals surface area contributed by atoms with Crippen LogP contribution in [0.25, 0.3) is 0 Å². The number of aliphatic hydroxyl groups is 1. The Morgan fingerprint density at radius 2 is 2.47 bits per heavy atom. The van der Waals surface area contributed by atoms with E-state index in [9.17, 15) is 4.79 Å². The molecule has 1 atom stereocenters. The fourth-order valence-electron chi connectivity index (χ4n) is 1.95. The third kappa shape index (κ3) is 3.42. The van der Waals surface area contributed by atoms with Crippen LogP contribution < -0.4 is 4.90 Å². The van der Waals surface area contributed by atoms with E-state index in [-0.39, 0.29) is 18.7 Å². The molecule has 0 radical (unpaired) electrons. The third-order valence-corrected chi connectivity index (χ3v) is 2.93. The first kappa shape index (κ1) is 13.8. The van der Waals surface area contributed by atoms with Crippen LogP contribution in [0.4, 0.5) is 5.82 Å². The second-order valence-corrected chi connectivity index (χ2v) is 4.25. The number of hydrogen-bond acceptors (Lipinski definition) is 6. The highest BCUT2D eigenvalue weighted by Crippen LogP contribution is 2.15. The summed E-state index contributed by atoms with van der Waals surface area (Å²) in [5.74, 6) is 0.409. The van der Waals surface area contributed by atoms with Crippen molar-refractivity contribution in [1.29, 1.82) is 0 Å². The lowest BCUT2D eigenvalue weighted by Gasteiger charge is -2.32. The van der Waals surface area contributed by atoms with Gasteiger partial charge in [0.05, 0.1) is 31.5 Å². The number of hydrogen-bond donors (Lipinski definition) is 1. The highest BCUT2D eigenvalue weighted by molar-refractivity contribution is 5.89. The van der Waals surface area contributed by atoms with Crippen molar-refractivity contribution in [2.24, 2.45) is 0 Å². The normalized spacial score (nSPS) is 19.3. The minimum absolute atomic E-state index is 0.00257. The number of esters is 1. The molecule has 1 fully saturated rings. The van der Waals surface area contributed by atoms with Gasteiger partial charge in [0.1, 0.15) is 5.82 Å². The minimum Gasteiger partial charge on any atom is -0.462 e. The molecule has 1 aliphatic rings. The van der Waals surface area contributed by atoms with E-state index in [0.717, 1.165) is 12.4 Å². The maximum Gasteiger partial charge on any atom is 0.339 e. The van der Waals surface area contributed by atoms with Gasteiger partial charge in [-0.05, 0) is 19.1 Å². The standard InChI is InChI=1S/C13H18N2O4/c1-2-18-13(17)10-3-4-12(14-7-10)15-5-6-19-11(8-15)9-16/h3-4,7,11,16H,2,5-6,8-9H2,1H3. The number of carbonyl (C=O) groups is 1. The molecular weight excluding hydrogens is 248 g/mol. The molecule has 0 aliphatic carbocycles. The summed E-state index contributed by atoms with van der Waals surface area (Å²) in [4.78, 5) is 17.8. The number of ether oxygens (including phenoxy) is 2. The van der Waals surface area contributed by atoms with Gasteiger partial charge in [-0.25, -0.2) is 9.78 Å². The largest absolute Gasteiger partial charge is 0.462 e. The van der Waals surface area contributed by atoms with E-state index < -0.39 is 0 Å². The van der Waals surface area contributed by atoms with Crippen molar-refractivity contribution in [2.75, 3.05) is 37.8 Å². The number of aliphatic hydroxyl groups excluding tert-OH is 1. The van der Waals surface area contributed by atoms with Crippen molar-refractivity contribution >= 4 is 11.8 Å². The van der Waals surface area contributed by atoms with Crippen molar-refractivity contribution < 1.29 is 19.4 Å². The zero-order valence-corrected chi connectivity index (χ0v) is 10.9. The highest BCUT2D eigenvalue weighted by atomic mass is 16.5. The molecule has 104 valence electrons. The average Bonchev–Trinajstić information content (AvgIpc) is 2.48. The van der Waals surface area contributed by atoms with Crippen LogP contribution in [-0.4, -0.2) is 55.1 Å². The number of anilines is 1. The van der Waals surface area contributed by atoms with Crippen LogP contribution in [0, 0.1) is 0 Å². The maximum absolute atomic E-state index is 11.5. The van der Waals surface area contributed by atoms with E-state index >= 15 is 0 Å². The zero-order valence-electron chi connectivity index (χ0n) is 10.9. The fraction of sp³-hybridized carbons (Fsp3) is 0.538. The quantitative estimate of drug-likeness (QED) is 0.798. The Hall–Kier alpha value is -1.66. The van der Waals surface area contributed by atoms with Gasteiger partial charge >= 0.3 is 5.97 Å². The summed E-state index contributed by atoms with van der Waals surface area (Å²) >= 11 is 0. The van der Waals surface area contributed by atoms with Crippen LogP contribution in [-0.2, 0) is 9.47 Å². The molecule has 1 unspecified atom stereocenters. The predicted octanol–water partition coefficient (Wildman–Crippen LogP) is 0.456. The summed E-state index contributed by atoms with van der Waals surface area (Å²) in [5.41, 5.74) is 0.442. The molecule has 1 saturated heterocycles. The van der Waals surface area contributed by atoms with Gasteiger partial charge in [-0.15, -0.1) is 0 Å². The lowest BCUT2D eigenvalue weighted by molar-refractivity contribution is 0.00336. The topological polar surface area (TPSA) is 71.9 Å². The van der Waals surface area contributed by atoms with Gasteiger partial charge in [-0.3, -0.25) is 0 Å². The predicted molar refractivity (Wildman–Crippen MR) is 69.2 cm³/mol. The van der Waals surface area contributed by atoms with Crippen LogP contribution in [0.15, 0.2) is 18.3 Å². The Bertz CT molecular complexity index is 421. The first-order valence-electron chi connectivity index (χ1n) is 6.35. The molecular formula is C13H18N2O4. The van der Waals surface area contributed by atoms with Crippen molar-refractivity contribution in [2.45, 2.75) is 13.0 Å². The molecule has 1 N–H and O–H groups in total. The van der Waals surface area contributed by atoms with Crippen molar-refractivity contribution in [1.82, 2.24) is 4.98 Å². The average molecular weight is 266 g/mol. The molecule has 1 aromatic rings. The molecule has 0 amide bonds. The molecule has 19 heavy (non-hydrogen) atoms. The smallest absolute Gasteiger partial charge is 0.339 e. The first-order valence-corrected chi connectivity index (χ1v) is 6.35. The highest BCUT2D eigenvalue weighted by Gasteiger charge is 2.20. The minimum atomic E-state index is -0.364. The molecule has 2 heterocycles. The number of aromatic nitrogens is 1. The first-order chi connectivity index (χ1) is 9.24. The maximum atomic E-state index is 11.5. The number of rotatable bonds is 4. The molecule has 6 heteroatoms. The van der Waals surface area contributed by atoms with Crippen molar-refractivity contribution in [3.05, 3.63) is 23.9 Å². The van der Waals surface area contributed by atoms with Gasteiger partial charge < -0.3 is 19.5 Å². The van der Waals surface area contributed by atoms with Crippen molar-refractivity contribution in [3.63, 3.8) is 0 Å². The zero-order chi connectivity index (χ0) is 13.7. The monoisotopic (exact) mass is 266 g/mol. The van der Waals surface area contributed by atoms with Gasteiger partial charge in [0.2, 0.25) is 0 Å². The number of pyridine rings is 1. The Kier molecular flexibility index (Phi) is 4.70. The molecule has 0 aromatic carbocycles. The van der Waals surface area contributed by atoms with Gasteiger partial charge in [-0.2, -0.15) is 0 Å². The molecule has 0 bridgehead atoms. The van der Waals surface area contributed by atoms with Crippen LogP contribution in [0.2, 0.25) is 0 Å². The lowest BCUT2D eigenvalue weighted by atomic mass is 10.2. The summed E-state index contributed by atoms with van der Waals surface area (Å²) in [7, 11) is 0. The Balaban J connectivity index is 2.03. The number of nitrogens with zero attached hydrogens (tertiary/aromatic N) is 2. The van der Waals surface area contributed by atoms with Crippen molar-refractivity contribution in [3.8, 4) is 0 Å². The molecule has 2 rings (SSSR count). The summed E-state index contributed by atoms with van der Waals surface area (Å²) in [6, 6.07) is 3.48. The van der Waals surface area contributed by atoms with Gasteiger partial charge in [0.25, 0.3) is 0 Å². The van der Waals surface area contributed by atoms with Gasteiger partial charge in [0.15, 0.2) is 0 Å². The second kappa shape index (κ2) is 6.49. The Morgan fingerprint density at radius 1 is 1.63 bits per heavy atom. The van der Waals surface area contributed by atoms with E-state index in [4.69, 9.17) is 14.6 Å². The number of carbonyl (C=O) groups excluding carboxylic acids is 1.